The molecule has 28 nitrogen and oxygen atoms in total. The lowest BCUT2D eigenvalue weighted by atomic mass is 10.1. The van der Waals surface area contributed by atoms with E-state index >= 15 is 0 Å². The van der Waals surface area contributed by atoms with Crippen LogP contribution in [-0.4, -0.2) is 132 Å². The highest BCUT2D eigenvalue weighted by molar-refractivity contribution is 9.09. The zero-order valence-corrected chi connectivity index (χ0v) is 71.2. The average molecular weight is 1910 g/mol. The largest absolute Gasteiger partial charge is 0.481 e. The summed E-state index contributed by atoms with van der Waals surface area (Å²) in [6, 6.07) is 46.1. The Balaban J connectivity index is 0.000000223. The molecule has 0 fully saturated rings. The van der Waals surface area contributed by atoms with Crippen molar-refractivity contribution in [2.24, 2.45) is 14.1 Å². The number of methoxy groups -OCH3 is 3. The number of rotatable bonds is 26. The molecule has 0 radical (unpaired) electrons. The molecule has 0 saturated carbocycles. The van der Waals surface area contributed by atoms with E-state index in [2.05, 4.69) is 97.2 Å². The van der Waals surface area contributed by atoms with E-state index in [4.69, 9.17) is 19.0 Å². The predicted molar refractivity (Wildman–Crippen MR) is 448 cm³/mol. The number of fused-ring (bicyclic) bond motifs is 2. The van der Waals surface area contributed by atoms with Crippen LogP contribution in [0.4, 0.5) is 35.1 Å². The number of imidazole rings is 2. The Bertz CT molecular complexity index is 5640. The number of alkyl halides is 11. The molecule has 0 aliphatic heterocycles. The number of carboxylic acid groups (broad SMARTS) is 1. The molecule has 0 aliphatic carbocycles. The molecule has 7 aromatic carbocycles. The lowest BCUT2D eigenvalue weighted by Gasteiger charge is -2.03. The van der Waals surface area contributed by atoms with Crippen molar-refractivity contribution in [3.63, 3.8) is 0 Å². The van der Waals surface area contributed by atoms with E-state index in [0.717, 1.165) is 72.3 Å². The average Bonchev–Trinajstić information content (AvgIpc) is 1.67. The van der Waals surface area contributed by atoms with Gasteiger partial charge < -0.3 is 42.4 Å². The van der Waals surface area contributed by atoms with E-state index in [1.165, 1.54) is 122 Å². The van der Waals surface area contributed by atoms with Crippen molar-refractivity contribution >= 4 is 100 Å². The first-order valence-electron chi connectivity index (χ1n) is 36.6. The van der Waals surface area contributed by atoms with Gasteiger partial charge in [0.15, 0.2) is 22.3 Å². The van der Waals surface area contributed by atoms with Crippen LogP contribution in [0.15, 0.2) is 223 Å². The second-order valence-electron chi connectivity index (χ2n) is 25.8. The Labute approximate surface area is 721 Å². The number of esters is 3. The summed E-state index contributed by atoms with van der Waals surface area (Å²) in [7, 11) is 7.43. The Hall–Kier alpha value is -12.5. The van der Waals surface area contributed by atoms with Crippen LogP contribution in [0.5, 0.6) is 0 Å². The third kappa shape index (κ3) is 33.8. The van der Waals surface area contributed by atoms with Crippen LogP contribution in [0, 0.1) is 0 Å². The zero-order chi connectivity index (χ0) is 90.1. The number of hydrogen-bond donors (Lipinski definition) is 3. The summed E-state index contributed by atoms with van der Waals surface area (Å²) in [6.07, 6.45) is -0.714. The van der Waals surface area contributed by atoms with Gasteiger partial charge in [0, 0.05) is 64.5 Å². The molecular weight excluding hydrogens is 1820 g/mol. The molecule has 6 heterocycles. The number of halogens is 11. The van der Waals surface area contributed by atoms with Gasteiger partial charge in [-0.2, -0.15) is 4.68 Å². The number of aliphatic hydroxyl groups excluding tert-OH is 1. The maximum Gasteiger partial charge on any atom is 0.437 e. The number of aliphatic hydroxyl groups is 1. The van der Waals surface area contributed by atoms with Crippen molar-refractivity contribution in [2.75, 3.05) is 33.3 Å². The fourth-order valence-corrected chi connectivity index (χ4v) is 11.6. The van der Waals surface area contributed by atoms with Gasteiger partial charge >= 0.3 is 35.4 Å². The van der Waals surface area contributed by atoms with Gasteiger partial charge in [-0.15, -0.1) is 10.2 Å². The lowest BCUT2D eigenvalue weighted by Crippen LogP contribution is -2.22. The molecule has 0 amide bonds. The SMILES string of the molecule is COC(=O)Cc1ccc(C(F)F)cc1.COC(=O)Cc1ccc(C=O)cc1.COC(=O)Cc1ccc(CBr)cc1.Cn1cnc2ncn(Cc3n[nH]c(=O)o3)c(=O)c21.Cn1cnc2ncn(Cc3nn(CCc4ccc(C(F)F)cc4)c(=O)o3)c(=O)c21.FC(F)c1ccc(CCBr)cc1.O=C(O)Cc1ccc(CBr)cc1.OCCc1ccc(C(F)F)cc1. The molecule has 13 aromatic rings. The molecule has 0 saturated heterocycles. The number of carbonyl (C=O) groups excluding carboxylic acids is 4. The van der Waals surface area contributed by atoms with Crippen LogP contribution < -0.4 is 22.6 Å². The maximum atomic E-state index is 12.6. The van der Waals surface area contributed by atoms with Crippen molar-refractivity contribution in [3.8, 4) is 0 Å². The minimum Gasteiger partial charge on any atom is -0.481 e. The molecule has 652 valence electrons. The van der Waals surface area contributed by atoms with Crippen molar-refractivity contribution in [1.82, 2.24) is 58.2 Å². The summed E-state index contributed by atoms with van der Waals surface area (Å²) < 4.78 is 128. The van der Waals surface area contributed by atoms with Gasteiger partial charge in [0.05, 0.1) is 66.2 Å². The Morgan fingerprint density at radius 1 is 0.455 bits per heavy atom. The van der Waals surface area contributed by atoms with E-state index in [-0.39, 0.29) is 109 Å². The number of aryl methyl sites for hydroxylation is 5. The predicted octanol–water partition coefficient (Wildman–Crippen LogP) is 14.1. The summed E-state index contributed by atoms with van der Waals surface area (Å²) in [5, 5.41) is 29.4. The lowest BCUT2D eigenvalue weighted by molar-refractivity contribution is -0.140. The van der Waals surface area contributed by atoms with Crippen LogP contribution >= 0.6 is 47.8 Å². The number of aldehydes is 1. The fraction of sp³-hybridized carbons (Fsp3) is 0.274. The second kappa shape index (κ2) is 52.0. The minimum atomic E-state index is -2.52. The molecule has 0 aliphatic rings. The number of nitrogens with one attached hydrogen (secondary N) is 1. The highest BCUT2D eigenvalue weighted by Crippen LogP contribution is 2.23. The van der Waals surface area contributed by atoms with Gasteiger partial charge in [0.1, 0.15) is 32.0 Å². The number of nitrogens with zero attached hydrogens (tertiary/aromatic N) is 11. The molecule has 3 N–H and O–H groups in total. The number of aromatic amines is 1. The molecule has 6 aromatic heterocycles. The van der Waals surface area contributed by atoms with Crippen LogP contribution in [0.2, 0.25) is 0 Å². The van der Waals surface area contributed by atoms with Crippen LogP contribution in [0.25, 0.3) is 22.3 Å². The van der Waals surface area contributed by atoms with E-state index in [0.29, 0.717) is 52.7 Å². The van der Waals surface area contributed by atoms with E-state index < -0.39 is 43.2 Å². The number of benzene rings is 7. The minimum absolute atomic E-state index is 0.0247. The van der Waals surface area contributed by atoms with E-state index in [1.807, 2.05) is 48.5 Å². The third-order valence-electron chi connectivity index (χ3n) is 17.0. The van der Waals surface area contributed by atoms with E-state index in [1.54, 1.807) is 83.9 Å². The molecular formula is C84H83Br3F8N12O16. The Morgan fingerprint density at radius 3 is 1.12 bits per heavy atom. The molecule has 0 spiro atoms. The van der Waals surface area contributed by atoms with Crippen LogP contribution in [0.1, 0.15) is 120 Å². The summed E-state index contributed by atoms with van der Waals surface area (Å²) in [4.78, 5) is 117. The van der Waals surface area contributed by atoms with Gasteiger partial charge in [0.2, 0.25) is 11.8 Å². The number of ether oxygens (including phenoxy) is 3. The fourth-order valence-electron chi connectivity index (χ4n) is 10.4. The standard InChI is InChI=1S/C18H16F2N6O3.C10H11BrO2.C10H10F2O2.C10H10O3.C9H9BrF2.C9H9BrO2.C9H10F2O.C9H8N6O3/c1-24-9-21-16-14(24)17(27)25(10-22-16)8-13-23-26(18(28)29-13)7-6-11-2-4-12(5-3-11)15(19)20;1-13-10(12)6-8-2-4-9(7-11)5-3-8;1-14-9(13)6-7-2-4-8(5-3-7)10(11)12;1-13-10(12)6-8-2-4-9(7-11)5-3-8;10-6-5-7-1-3-8(4-2-7)9(11)12;10-6-8-3-1-7(2-4-8)5-9(11)12;10-9(11)8-3-1-7(2-4-8)5-6-12;1-14-3-10-7-6(14)8(16)15(4-11-7)2-5-12-13-9(17)18-5/h2-5,9-10,15H,6-8H2,1H3;2-5H,6-7H2,1H3;2-5,10H,6H2,1H3;2-5,7H,6H2,1H3;1-4,9H,5-6H2;1-4H,5-6H2,(H,11,12);1-4,9,12H,5-6H2;3-4H,2H2,1H3,(H,13,17). The third-order valence-corrected chi connectivity index (χ3v) is 18.7. The van der Waals surface area contributed by atoms with Gasteiger partial charge in [-0.25, -0.2) is 69.7 Å². The first-order valence-corrected chi connectivity index (χ1v) is 40.0. The Kier molecular flexibility index (Phi) is 42.0. The summed E-state index contributed by atoms with van der Waals surface area (Å²) >= 11 is 9.96. The second-order valence-corrected chi connectivity index (χ2v) is 27.7. The highest BCUT2D eigenvalue weighted by Gasteiger charge is 2.17. The van der Waals surface area contributed by atoms with Crippen molar-refractivity contribution in [2.45, 2.75) is 101 Å². The molecule has 0 atom stereocenters. The van der Waals surface area contributed by atoms with Gasteiger partial charge in [-0.1, -0.05) is 218 Å². The normalized spacial score (nSPS) is 10.6. The molecule has 13 rings (SSSR count). The smallest absolute Gasteiger partial charge is 0.437 e. The van der Waals surface area contributed by atoms with Gasteiger partial charge in [-0.3, -0.25) is 42.7 Å². The number of carbonyl (C=O) groups is 5. The molecule has 39 heteroatoms. The summed E-state index contributed by atoms with van der Waals surface area (Å²) in [6.45, 7) is 0.238. The molecule has 0 bridgehead atoms. The topological polar surface area (TPSA) is 366 Å². The quantitative estimate of drug-likeness (QED) is 0.0149. The maximum absolute atomic E-state index is 12.6. The van der Waals surface area contributed by atoms with Gasteiger partial charge in [0.25, 0.3) is 36.8 Å². The summed E-state index contributed by atoms with van der Waals surface area (Å²) in [5.41, 5.74) is 9.89. The number of aliphatic carboxylic acids is 1. The molecule has 123 heavy (non-hydrogen) atoms. The monoisotopic (exact) mass is 1900 g/mol. The number of hydrogen-bond acceptors (Lipinski definition) is 21. The first-order chi connectivity index (χ1) is 58.9. The Morgan fingerprint density at radius 2 is 0.789 bits per heavy atom. The summed E-state index contributed by atoms with van der Waals surface area (Å²) in [5.74, 6) is -2.79. The first kappa shape index (κ1) is 99.3. The highest BCUT2D eigenvalue weighted by atomic mass is 79.9. The van der Waals surface area contributed by atoms with Crippen molar-refractivity contribution in [1.29, 1.82) is 0 Å². The van der Waals surface area contributed by atoms with Crippen LogP contribution in [-0.2, 0) is 123 Å². The van der Waals surface area contributed by atoms with Crippen LogP contribution in [0.3, 0.4) is 0 Å². The number of aromatic nitrogens is 12. The molecule has 0 unspecified atom stereocenters. The van der Waals surface area contributed by atoms with Crippen molar-refractivity contribution < 1.29 is 92.4 Å². The zero-order valence-electron chi connectivity index (χ0n) is 66.4. The van der Waals surface area contributed by atoms with Crippen molar-refractivity contribution in [3.05, 3.63) is 327 Å². The van der Waals surface area contributed by atoms with Gasteiger partial charge in [-0.05, 0) is 69.3 Å². The number of H-pyrrole nitrogens is 1. The number of carboxylic acids is 1. The van der Waals surface area contributed by atoms with E-state index in [9.17, 15) is 78.3 Å².